The molecule has 4 heteroatoms. The third-order valence-electron chi connectivity index (χ3n) is 7.61. The third-order valence-corrected chi connectivity index (χ3v) is 10.9. The first-order valence-electron chi connectivity index (χ1n) is 13.2. The van der Waals surface area contributed by atoms with E-state index in [0.29, 0.717) is 0 Å². The van der Waals surface area contributed by atoms with Gasteiger partial charge in [-0.25, -0.2) is 0 Å². The van der Waals surface area contributed by atoms with E-state index in [4.69, 9.17) is 13.3 Å². The zero-order chi connectivity index (χ0) is 21.7. The highest BCUT2D eigenvalue weighted by Gasteiger charge is 2.51. The Hall–Kier alpha value is -0.683. The molecule has 3 aliphatic rings. The van der Waals surface area contributed by atoms with Crippen LogP contribution in [-0.4, -0.2) is 27.1 Å². The van der Waals surface area contributed by atoms with Gasteiger partial charge in [-0.2, -0.15) is 0 Å². The lowest BCUT2D eigenvalue weighted by Crippen LogP contribution is -2.63. The van der Waals surface area contributed by atoms with E-state index in [9.17, 15) is 0 Å². The van der Waals surface area contributed by atoms with Crippen molar-refractivity contribution in [2.45, 2.75) is 135 Å². The van der Waals surface area contributed by atoms with Gasteiger partial charge in [0.1, 0.15) is 0 Å². The second-order valence-electron chi connectivity index (χ2n) is 10.5. The Kier molecular flexibility index (Phi) is 8.30. The van der Waals surface area contributed by atoms with Crippen LogP contribution in [0.3, 0.4) is 0 Å². The van der Waals surface area contributed by atoms with E-state index >= 15 is 0 Å². The maximum atomic E-state index is 7.17. The lowest BCUT2D eigenvalue weighted by molar-refractivity contribution is -0.0309. The zero-order valence-electron chi connectivity index (χ0n) is 20.2. The Morgan fingerprint density at radius 3 is 1.19 bits per heavy atom. The smallest absolute Gasteiger partial charge is 0.367 e. The van der Waals surface area contributed by atoms with Crippen LogP contribution in [0.25, 0.3) is 0 Å². The van der Waals surface area contributed by atoms with Crippen LogP contribution >= 0.6 is 0 Å². The summed E-state index contributed by atoms with van der Waals surface area (Å²) in [7, 11) is -3.05. The molecule has 0 atom stereocenters. The molecule has 174 valence electrons. The average Bonchev–Trinajstić information content (AvgIpc) is 2.75. The van der Waals surface area contributed by atoms with Gasteiger partial charge in [0, 0.05) is 23.5 Å². The average molecular weight is 445 g/mol. The molecule has 1 aromatic rings. The fourth-order valence-electron chi connectivity index (χ4n) is 6.13. The predicted octanol–water partition coefficient (Wildman–Crippen LogP) is 6.81. The van der Waals surface area contributed by atoms with Crippen molar-refractivity contribution in [1.29, 1.82) is 0 Å². The first-order chi connectivity index (χ1) is 15.1. The zero-order valence-corrected chi connectivity index (χ0v) is 21.2. The maximum Gasteiger partial charge on any atom is 0.538 e. The molecule has 0 radical (unpaired) electrons. The number of hydrogen-bond acceptors (Lipinski definition) is 3. The van der Waals surface area contributed by atoms with Crippen molar-refractivity contribution in [3.8, 4) is 0 Å². The highest BCUT2D eigenvalue weighted by Crippen LogP contribution is 2.33. The topological polar surface area (TPSA) is 27.7 Å². The molecule has 1 aromatic carbocycles. The van der Waals surface area contributed by atoms with E-state index in [-0.39, 0.29) is 18.3 Å². The summed E-state index contributed by atoms with van der Waals surface area (Å²) in [5, 5.41) is 1.28. The molecule has 31 heavy (non-hydrogen) atoms. The van der Waals surface area contributed by atoms with Crippen LogP contribution in [0.1, 0.15) is 113 Å². The molecule has 0 unspecified atom stereocenters. The summed E-state index contributed by atoms with van der Waals surface area (Å²) in [5.74, 6) is 0. The monoisotopic (exact) mass is 444 g/mol. The summed E-state index contributed by atoms with van der Waals surface area (Å²) < 4.78 is 21.5. The molecular weight excluding hydrogens is 400 g/mol. The van der Waals surface area contributed by atoms with E-state index in [1.165, 1.54) is 79.7 Å². The second-order valence-corrected chi connectivity index (χ2v) is 12.8. The Labute approximate surface area is 191 Å². The summed E-state index contributed by atoms with van der Waals surface area (Å²) in [6, 6.07) is 4.62. The number of aryl methyl sites for hydroxylation is 3. The summed E-state index contributed by atoms with van der Waals surface area (Å²) in [6.45, 7) is 6.69. The molecule has 0 bridgehead atoms. The standard InChI is InChI=1S/C27H44O3Si/c1-21-19-22(2)27(23(3)20-21)31(28-24-13-7-4-8-14-24,29-25-15-9-5-10-16-25)30-26-17-11-6-12-18-26/h19-20,24-26H,4-18H2,1-3H3. The van der Waals surface area contributed by atoms with Gasteiger partial charge in [-0.1, -0.05) is 75.5 Å². The first-order valence-corrected chi connectivity index (χ1v) is 14.9. The van der Waals surface area contributed by atoms with Crippen molar-refractivity contribution in [2.75, 3.05) is 0 Å². The molecule has 0 amide bonds. The van der Waals surface area contributed by atoms with Crippen molar-refractivity contribution in [3.63, 3.8) is 0 Å². The van der Waals surface area contributed by atoms with E-state index in [1.54, 1.807) is 0 Å². The molecule has 3 fully saturated rings. The summed E-state index contributed by atoms with van der Waals surface area (Å²) in [6.07, 6.45) is 19.4. The maximum absolute atomic E-state index is 7.17. The molecular formula is C27H44O3Si. The quantitative estimate of drug-likeness (QED) is 0.433. The van der Waals surface area contributed by atoms with Gasteiger partial charge >= 0.3 is 8.80 Å². The highest BCUT2D eigenvalue weighted by molar-refractivity contribution is 6.76. The Morgan fingerprint density at radius 2 is 0.871 bits per heavy atom. The second kappa shape index (κ2) is 11.0. The lowest BCUT2D eigenvalue weighted by atomic mass is 9.98. The highest BCUT2D eigenvalue weighted by atomic mass is 28.4. The SMILES string of the molecule is Cc1cc(C)c([Si](OC2CCCCC2)(OC2CCCCC2)OC2CCCCC2)c(C)c1. The van der Waals surface area contributed by atoms with Gasteiger partial charge in [0.15, 0.2) is 0 Å². The largest absolute Gasteiger partial charge is 0.538 e. The molecule has 3 nitrogen and oxygen atoms in total. The molecule has 4 rings (SSSR count). The van der Waals surface area contributed by atoms with Crippen LogP contribution in [-0.2, 0) is 13.3 Å². The molecule has 0 aromatic heterocycles. The van der Waals surface area contributed by atoms with Gasteiger partial charge < -0.3 is 13.3 Å². The van der Waals surface area contributed by atoms with Crippen molar-refractivity contribution in [2.24, 2.45) is 0 Å². The van der Waals surface area contributed by atoms with Crippen molar-refractivity contribution in [1.82, 2.24) is 0 Å². The Bertz CT molecular complexity index is 627. The minimum absolute atomic E-state index is 0.285. The molecule has 0 N–H and O–H groups in total. The molecule has 0 spiro atoms. The van der Waals surface area contributed by atoms with Crippen LogP contribution < -0.4 is 5.19 Å². The first kappa shape index (κ1) is 23.5. The molecule has 0 saturated heterocycles. The van der Waals surface area contributed by atoms with Gasteiger partial charge in [-0.05, 0) is 70.4 Å². The van der Waals surface area contributed by atoms with E-state index in [2.05, 4.69) is 32.9 Å². The van der Waals surface area contributed by atoms with Gasteiger partial charge in [0.05, 0.1) is 0 Å². The van der Waals surface area contributed by atoms with Gasteiger partial charge in [-0.15, -0.1) is 0 Å². The number of rotatable bonds is 7. The van der Waals surface area contributed by atoms with Gasteiger partial charge in [0.25, 0.3) is 0 Å². The summed E-state index contributed by atoms with van der Waals surface area (Å²) in [4.78, 5) is 0. The Morgan fingerprint density at radius 1 is 0.548 bits per heavy atom. The molecule has 0 aliphatic heterocycles. The van der Waals surface area contributed by atoms with Crippen LogP contribution in [0, 0.1) is 20.8 Å². The van der Waals surface area contributed by atoms with E-state index in [1.807, 2.05) is 0 Å². The van der Waals surface area contributed by atoms with Crippen molar-refractivity contribution in [3.05, 3.63) is 28.8 Å². The normalized spacial score (nSPS) is 22.7. The third kappa shape index (κ3) is 6.01. The number of hydrogen-bond donors (Lipinski definition) is 0. The Balaban J connectivity index is 1.73. The van der Waals surface area contributed by atoms with Crippen LogP contribution in [0.5, 0.6) is 0 Å². The fourth-order valence-corrected chi connectivity index (χ4v) is 9.78. The van der Waals surface area contributed by atoms with E-state index < -0.39 is 8.80 Å². The fraction of sp³-hybridized carbons (Fsp3) is 0.778. The van der Waals surface area contributed by atoms with Crippen molar-refractivity contribution < 1.29 is 13.3 Å². The minimum Gasteiger partial charge on any atom is -0.367 e. The van der Waals surface area contributed by atoms with Gasteiger partial charge in [-0.3, -0.25) is 0 Å². The van der Waals surface area contributed by atoms with Crippen LogP contribution in [0.4, 0.5) is 0 Å². The molecule has 3 aliphatic carbocycles. The summed E-state index contributed by atoms with van der Waals surface area (Å²) >= 11 is 0. The molecule has 0 heterocycles. The lowest BCUT2D eigenvalue weighted by Gasteiger charge is -2.42. The predicted molar refractivity (Wildman–Crippen MR) is 130 cm³/mol. The minimum atomic E-state index is -3.05. The van der Waals surface area contributed by atoms with E-state index in [0.717, 1.165) is 38.5 Å². The number of benzene rings is 1. The molecule has 3 saturated carbocycles. The van der Waals surface area contributed by atoms with Crippen LogP contribution in [0.15, 0.2) is 12.1 Å². The van der Waals surface area contributed by atoms with Gasteiger partial charge in [0.2, 0.25) is 0 Å². The van der Waals surface area contributed by atoms with Crippen molar-refractivity contribution >= 4 is 14.0 Å². The van der Waals surface area contributed by atoms with Crippen LogP contribution in [0.2, 0.25) is 0 Å². The summed E-state index contributed by atoms with van der Waals surface area (Å²) in [5.41, 5.74) is 3.91.